The summed E-state index contributed by atoms with van der Waals surface area (Å²) < 4.78 is 11.8. The van der Waals surface area contributed by atoms with Crippen LogP contribution in [0.15, 0.2) is 133 Å². The number of rotatable bonds is 8. The maximum Gasteiger partial charge on any atom is 0.234 e. The van der Waals surface area contributed by atoms with Gasteiger partial charge in [-0.25, -0.2) is 9.97 Å². The van der Waals surface area contributed by atoms with E-state index in [1.54, 1.807) is 0 Å². The predicted octanol–water partition coefficient (Wildman–Crippen LogP) is 11.7. The molecule has 0 fully saturated rings. The van der Waals surface area contributed by atoms with Crippen molar-refractivity contribution in [3.8, 4) is 68.7 Å². The second-order valence-corrected chi connectivity index (χ2v) is 13.9. The summed E-state index contributed by atoms with van der Waals surface area (Å²) >= 11 is 0. The first-order chi connectivity index (χ1) is 28.6. The van der Waals surface area contributed by atoms with E-state index in [1.165, 1.54) is 0 Å². The Labute approximate surface area is 333 Å². The zero-order valence-electron chi connectivity index (χ0n) is 31.6. The molecule has 10 rings (SSSR count). The molecule has 0 unspecified atom stereocenters. The topological polar surface area (TPSA) is 118 Å². The summed E-state index contributed by atoms with van der Waals surface area (Å²) in [5.41, 5.74) is 8.58. The van der Waals surface area contributed by atoms with Crippen LogP contribution in [0.1, 0.15) is 25.0 Å². The maximum atomic E-state index is 10.3. The number of fused-ring (bicyclic) bond motifs is 2. The summed E-state index contributed by atoms with van der Waals surface area (Å²) in [6, 6.07) is 49.6. The zero-order valence-corrected chi connectivity index (χ0v) is 31.6. The van der Waals surface area contributed by atoms with Gasteiger partial charge in [0.2, 0.25) is 11.8 Å². The molecule has 0 saturated carbocycles. The fraction of sp³-hybridized carbons (Fsp3) is 0.0800. The molecule has 8 nitrogen and oxygen atoms in total. The molecule has 0 spiro atoms. The van der Waals surface area contributed by atoms with Crippen LogP contribution in [0.5, 0.6) is 11.8 Å². The highest BCUT2D eigenvalue weighted by Gasteiger charge is 2.22. The molecule has 4 aromatic heterocycles. The van der Waals surface area contributed by atoms with E-state index in [1.807, 2.05) is 98.8 Å². The fourth-order valence-corrected chi connectivity index (χ4v) is 8.29. The third kappa shape index (κ3) is 5.43. The number of hydrogen-bond acceptors (Lipinski definition) is 8. The van der Waals surface area contributed by atoms with Crippen LogP contribution in [0.4, 0.5) is 0 Å². The Kier molecular flexibility index (Phi) is 8.32. The predicted molar refractivity (Wildman–Crippen MR) is 230 cm³/mol. The smallest absolute Gasteiger partial charge is 0.234 e. The van der Waals surface area contributed by atoms with Crippen molar-refractivity contribution >= 4 is 54.4 Å². The SMILES string of the molecule is CCOc1nc2nc(-c3ccc4ccc5c(-c6ccc7c(-c8ccccc8)c(C#N)c(OCC)nc7n6)ccc6ccc3c4c65)ccc2c(-c2ccccc2)c1C#N. The Bertz CT molecular complexity index is 3110. The van der Waals surface area contributed by atoms with Gasteiger partial charge in [0, 0.05) is 33.0 Å². The van der Waals surface area contributed by atoms with Crippen molar-refractivity contribution in [3.63, 3.8) is 0 Å². The zero-order chi connectivity index (χ0) is 39.3. The van der Waals surface area contributed by atoms with E-state index in [2.05, 4.69) is 60.7 Å². The van der Waals surface area contributed by atoms with Crippen molar-refractivity contribution in [3.05, 3.63) is 145 Å². The maximum absolute atomic E-state index is 10.3. The Morgan fingerprint density at radius 3 is 1.24 bits per heavy atom. The molecule has 0 atom stereocenters. The van der Waals surface area contributed by atoms with Crippen LogP contribution in [-0.2, 0) is 0 Å². The monoisotopic (exact) mass is 748 g/mol. The first-order valence-electron chi connectivity index (χ1n) is 19.2. The quantitative estimate of drug-likeness (QED) is 0.141. The van der Waals surface area contributed by atoms with E-state index < -0.39 is 0 Å². The average molecular weight is 749 g/mol. The van der Waals surface area contributed by atoms with Crippen molar-refractivity contribution in [2.24, 2.45) is 0 Å². The van der Waals surface area contributed by atoms with E-state index >= 15 is 0 Å². The van der Waals surface area contributed by atoms with Crippen molar-refractivity contribution in [1.29, 1.82) is 10.5 Å². The highest BCUT2D eigenvalue weighted by atomic mass is 16.5. The number of hydrogen-bond donors (Lipinski definition) is 0. The van der Waals surface area contributed by atoms with Gasteiger partial charge in [-0.15, -0.1) is 0 Å². The van der Waals surface area contributed by atoms with Crippen LogP contribution in [0.3, 0.4) is 0 Å². The minimum Gasteiger partial charge on any atom is -0.477 e. The van der Waals surface area contributed by atoms with Gasteiger partial charge in [0.25, 0.3) is 0 Å². The van der Waals surface area contributed by atoms with Crippen LogP contribution in [0.2, 0.25) is 0 Å². The third-order valence-electron chi connectivity index (χ3n) is 10.8. The van der Waals surface area contributed by atoms with Crippen molar-refractivity contribution in [2.75, 3.05) is 13.2 Å². The van der Waals surface area contributed by atoms with E-state index in [-0.39, 0.29) is 11.8 Å². The molecule has 4 heterocycles. The molecule has 0 aliphatic carbocycles. The normalized spacial score (nSPS) is 11.4. The molecular weight excluding hydrogens is 717 g/mol. The summed E-state index contributed by atoms with van der Waals surface area (Å²) in [5.74, 6) is 0.551. The van der Waals surface area contributed by atoms with Crippen LogP contribution >= 0.6 is 0 Å². The van der Waals surface area contributed by atoms with Gasteiger partial charge in [0.05, 0.1) is 24.6 Å². The molecule has 10 aromatic rings. The Balaban J connectivity index is 1.16. The minimum absolute atomic E-state index is 0.275. The van der Waals surface area contributed by atoms with Crippen LogP contribution in [0.25, 0.3) is 99.2 Å². The molecule has 8 heteroatoms. The second kappa shape index (κ2) is 14.0. The summed E-state index contributed by atoms with van der Waals surface area (Å²) in [7, 11) is 0. The highest BCUT2D eigenvalue weighted by molar-refractivity contribution is 6.27. The van der Waals surface area contributed by atoms with Crippen LogP contribution in [0, 0.1) is 22.7 Å². The number of ether oxygens (including phenoxy) is 2. The second-order valence-electron chi connectivity index (χ2n) is 13.9. The van der Waals surface area contributed by atoms with Crippen molar-refractivity contribution < 1.29 is 9.47 Å². The molecule has 274 valence electrons. The van der Waals surface area contributed by atoms with E-state index in [0.717, 1.165) is 87.9 Å². The van der Waals surface area contributed by atoms with Gasteiger partial charge in [-0.1, -0.05) is 109 Å². The lowest BCUT2D eigenvalue weighted by Crippen LogP contribution is -2.02. The average Bonchev–Trinajstić information content (AvgIpc) is 3.27. The lowest BCUT2D eigenvalue weighted by Gasteiger charge is -2.17. The number of aromatic nitrogens is 4. The Morgan fingerprint density at radius 1 is 0.448 bits per heavy atom. The van der Waals surface area contributed by atoms with E-state index in [9.17, 15) is 10.5 Å². The Hall–Kier alpha value is -7.94. The van der Waals surface area contributed by atoms with Gasteiger partial charge >= 0.3 is 0 Å². The molecule has 0 aliphatic rings. The van der Waals surface area contributed by atoms with Gasteiger partial charge in [-0.3, -0.25) is 0 Å². The molecule has 0 bridgehead atoms. The molecule has 0 radical (unpaired) electrons. The molecule has 0 saturated heterocycles. The molecule has 0 aliphatic heterocycles. The number of benzene rings is 6. The highest BCUT2D eigenvalue weighted by Crippen LogP contribution is 2.44. The number of nitriles is 2. The first kappa shape index (κ1) is 34.5. The summed E-state index contributed by atoms with van der Waals surface area (Å²) in [5, 5.41) is 28.7. The van der Waals surface area contributed by atoms with E-state index in [0.29, 0.717) is 35.6 Å². The lowest BCUT2D eigenvalue weighted by molar-refractivity contribution is 0.327. The summed E-state index contributed by atoms with van der Waals surface area (Å²) in [6.07, 6.45) is 0. The lowest BCUT2D eigenvalue weighted by atomic mass is 9.88. The van der Waals surface area contributed by atoms with Crippen molar-refractivity contribution in [1.82, 2.24) is 19.9 Å². The van der Waals surface area contributed by atoms with E-state index in [4.69, 9.17) is 29.4 Å². The van der Waals surface area contributed by atoms with Crippen LogP contribution in [-0.4, -0.2) is 33.1 Å². The third-order valence-corrected chi connectivity index (χ3v) is 10.8. The van der Waals surface area contributed by atoms with Crippen molar-refractivity contribution in [2.45, 2.75) is 13.8 Å². The first-order valence-corrected chi connectivity index (χ1v) is 19.2. The summed E-state index contributed by atoms with van der Waals surface area (Å²) in [4.78, 5) is 19.9. The van der Waals surface area contributed by atoms with Crippen LogP contribution < -0.4 is 9.47 Å². The van der Waals surface area contributed by atoms with Gasteiger partial charge in [0.15, 0.2) is 11.3 Å². The van der Waals surface area contributed by atoms with Gasteiger partial charge in [-0.05, 0) is 81.6 Å². The largest absolute Gasteiger partial charge is 0.477 e. The summed E-state index contributed by atoms with van der Waals surface area (Å²) in [6.45, 7) is 4.50. The Morgan fingerprint density at radius 2 is 0.845 bits per heavy atom. The van der Waals surface area contributed by atoms with Gasteiger partial charge in [-0.2, -0.15) is 20.5 Å². The number of pyridine rings is 4. The van der Waals surface area contributed by atoms with Gasteiger partial charge < -0.3 is 9.47 Å². The molecular formula is C50H32N6O2. The standard InChI is InChI=1S/C50H32N6O2/c1-3-57-49-39(27-51)43(29-11-7-5-8-12-29)37-23-25-41(53-47(37)55-49)33-19-15-31-18-22-36-34(20-16-32-17-21-35(33)45(31)46(32)36)42-26-24-38-44(30-13-9-6-10-14-30)40(28-52)50(58-4-2)56-48(38)54-42/h5-26H,3-4H2,1-2H3. The molecule has 6 aromatic carbocycles. The minimum atomic E-state index is 0.275. The van der Waals surface area contributed by atoms with Gasteiger partial charge in [0.1, 0.15) is 23.3 Å². The molecule has 58 heavy (non-hydrogen) atoms. The number of nitrogens with zero attached hydrogens (tertiary/aromatic N) is 6. The molecule has 0 N–H and O–H groups in total. The molecule has 0 amide bonds. The fourth-order valence-electron chi connectivity index (χ4n) is 8.29.